The molecule has 2 rings (SSSR count). The molecule has 0 aliphatic heterocycles. The molecule has 0 aliphatic carbocycles. The van der Waals surface area contributed by atoms with Crippen molar-refractivity contribution in [2.45, 2.75) is 4.90 Å². The second kappa shape index (κ2) is 7.42. The van der Waals surface area contributed by atoms with E-state index in [1.165, 1.54) is 0 Å². The van der Waals surface area contributed by atoms with Gasteiger partial charge in [-0.25, -0.2) is 4.79 Å². The van der Waals surface area contributed by atoms with Gasteiger partial charge in [0, 0.05) is 29.7 Å². The number of nitrogens with one attached hydrogen (secondary N) is 2. The van der Waals surface area contributed by atoms with Gasteiger partial charge < -0.3 is 15.5 Å². The Morgan fingerprint density at radius 3 is 2.59 bits per heavy atom. The summed E-state index contributed by atoms with van der Waals surface area (Å²) in [5, 5.41) is 6.24. The molecule has 0 saturated carbocycles. The van der Waals surface area contributed by atoms with Crippen LogP contribution < -0.4 is 15.5 Å². The van der Waals surface area contributed by atoms with Gasteiger partial charge in [-0.15, -0.1) is 11.8 Å². The van der Waals surface area contributed by atoms with Gasteiger partial charge in [-0.2, -0.15) is 0 Å². The van der Waals surface area contributed by atoms with Crippen molar-refractivity contribution in [1.29, 1.82) is 0 Å². The summed E-state index contributed by atoms with van der Waals surface area (Å²) in [6.07, 6.45) is 1.99. The molecule has 0 saturated heterocycles. The summed E-state index contributed by atoms with van der Waals surface area (Å²) >= 11 is 7.64. The normalized spacial score (nSPS) is 10.2. The van der Waals surface area contributed by atoms with E-state index in [2.05, 4.69) is 10.6 Å². The van der Waals surface area contributed by atoms with E-state index in [0.717, 1.165) is 16.3 Å². The number of hydrogen-bond acceptors (Lipinski definition) is 3. The van der Waals surface area contributed by atoms with Crippen molar-refractivity contribution in [1.82, 2.24) is 0 Å². The van der Waals surface area contributed by atoms with Crippen LogP contribution in [0.1, 0.15) is 0 Å². The molecule has 2 aromatic carbocycles. The summed E-state index contributed by atoms with van der Waals surface area (Å²) < 4.78 is 0. The minimum absolute atomic E-state index is 0.302. The van der Waals surface area contributed by atoms with Crippen molar-refractivity contribution < 1.29 is 4.79 Å². The average molecular weight is 336 g/mol. The van der Waals surface area contributed by atoms with Crippen LogP contribution in [0.25, 0.3) is 0 Å². The van der Waals surface area contributed by atoms with Crippen LogP contribution in [0.3, 0.4) is 0 Å². The van der Waals surface area contributed by atoms with Crippen molar-refractivity contribution >= 4 is 46.5 Å². The number of thioether (sulfide) groups is 1. The van der Waals surface area contributed by atoms with Crippen molar-refractivity contribution in [3.05, 3.63) is 47.5 Å². The summed E-state index contributed by atoms with van der Waals surface area (Å²) in [6, 6.07) is 12.8. The number of halogens is 1. The maximum absolute atomic E-state index is 12.2. The molecule has 22 heavy (non-hydrogen) atoms. The fourth-order valence-electron chi connectivity index (χ4n) is 1.98. The van der Waals surface area contributed by atoms with Crippen LogP contribution in [0.2, 0.25) is 5.02 Å². The molecule has 0 fully saturated rings. The lowest BCUT2D eigenvalue weighted by Crippen LogP contribution is -2.21. The van der Waals surface area contributed by atoms with Gasteiger partial charge in [0.15, 0.2) is 0 Å². The zero-order valence-electron chi connectivity index (χ0n) is 12.7. The predicted molar refractivity (Wildman–Crippen MR) is 96.6 cm³/mol. The maximum atomic E-state index is 12.2. The van der Waals surface area contributed by atoms with Gasteiger partial charge in [-0.1, -0.05) is 17.7 Å². The zero-order chi connectivity index (χ0) is 16.1. The number of benzene rings is 2. The predicted octanol–water partition coefficient (Wildman–Crippen LogP) is 4.77. The first-order valence-corrected chi connectivity index (χ1v) is 8.29. The van der Waals surface area contributed by atoms with E-state index in [1.807, 2.05) is 55.6 Å². The van der Waals surface area contributed by atoms with Gasteiger partial charge in [0.25, 0.3) is 0 Å². The van der Waals surface area contributed by atoms with Crippen molar-refractivity contribution in [2.24, 2.45) is 0 Å². The van der Waals surface area contributed by atoms with E-state index >= 15 is 0 Å². The highest BCUT2D eigenvalue weighted by atomic mass is 35.5. The summed E-state index contributed by atoms with van der Waals surface area (Å²) in [4.78, 5) is 15.2. The van der Waals surface area contributed by atoms with Crippen LogP contribution in [-0.2, 0) is 0 Å². The fourth-order valence-corrected chi connectivity index (χ4v) is 2.62. The molecule has 0 aromatic heterocycles. The first-order chi connectivity index (χ1) is 10.5. The van der Waals surface area contributed by atoms with Crippen molar-refractivity contribution in [3.63, 3.8) is 0 Å². The van der Waals surface area contributed by atoms with Crippen LogP contribution in [0.4, 0.5) is 21.9 Å². The highest BCUT2D eigenvalue weighted by molar-refractivity contribution is 7.98. The number of anilines is 3. The van der Waals surface area contributed by atoms with Crippen LogP contribution in [-0.4, -0.2) is 26.4 Å². The van der Waals surface area contributed by atoms with Crippen LogP contribution in [0.15, 0.2) is 47.4 Å². The number of rotatable bonds is 4. The lowest BCUT2D eigenvalue weighted by Gasteiger charge is -2.18. The zero-order valence-corrected chi connectivity index (χ0v) is 14.3. The number of nitrogens with zero attached hydrogens (tertiary/aromatic N) is 1. The Morgan fingerprint density at radius 2 is 1.91 bits per heavy atom. The van der Waals surface area contributed by atoms with E-state index in [-0.39, 0.29) is 6.03 Å². The molecule has 0 bridgehead atoms. The first kappa shape index (κ1) is 16.5. The van der Waals surface area contributed by atoms with E-state index in [4.69, 9.17) is 11.6 Å². The number of urea groups is 1. The number of amides is 2. The summed E-state index contributed by atoms with van der Waals surface area (Å²) in [6.45, 7) is 0. The van der Waals surface area contributed by atoms with E-state index in [9.17, 15) is 4.79 Å². The van der Waals surface area contributed by atoms with Crippen molar-refractivity contribution in [3.8, 4) is 0 Å². The quantitative estimate of drug-likeness (QED) is 0.791. The molecule has 2 amide bonds. The third kappa shape index (κ3) is 4.32. The lowest BCUT2D eigenvalue weighted by molar-refractivity contribution is 0.262. The Balaban J connectivity index is 2.13. The Kier molecular flexibility index (Phi) is 5.57. The number of carbonyl (C=O) groups is 1. The van der Waals surface area contributed by atoms with Crippen molar-refractivity contribution in [2.75, 3.05) is 35.9 Å². The second-order valence-corrected chi connectivity index (χ2v) is 6.18. The summed E-state index contributed by atoms with van der Waals surface area (Å²) in [5.41, 5.74) is 2.30. The minimum Gasteiger partial charge on any atom is -0.376 e. The third-order valence-corrected chi connectivity index (χ3v) is 3.98. The van der Waals surface area contributed by atoms with Gasteiger partial charge in [0.1, 0.15) is 0 Å². The largest absolute Gasteiger partial charge is 0.376 e. The van der Waals surface area contributed by atoms with E-state index in [1.54, 1.807) is 23.9 Å². The van der Waals surface area contributed by atoms with E-state index < -0.39 is 0 Å². The molecule has 0 spiro atoms. The molecule has 4 nitrogen and oxygen atoms in total. The van der Waals surface area contributed by atoms with Crippen LogP contribution in [0.5, 0.6) is 0 Å². The first-order valence-electron chi connectivity index (χ1n) is 6.68. The molecule has 2 aromatic rings. The smallest absolute Gasteiger partial charge is 0.323 e. The molecule has 0 heterocycles. The summed E-state index contributed by atoms with van der Waals surface area (Å²) in [7, 11) is 3.82. The second-order valence-electron chi connectivity index (χ2n) is 4.87. The van der Waals surface area contributed by atoms with E-state index in [0.29, 0.717) is 10.7 Å². The Hall–Kier alpha value is -1.85. The standard InChI is InChI=1S/C16H18ClN3OS/c1-20(2)15-8-7-11(17)9-14(15)19-16(21)18-12-5-4-6-13(10-12)22-3/h4-10H,1-3H3,(H2,18,19,21). The fraction of sp³-hybridized carbons (Fsp3) is 0.188. The topological polar surface area (TPSA) is 44.4 Å². The molecular formula is C16H18ClN3OS. The van der Waals surface area contributed by atoms with Gasteiger partial charge in [0.2, 0.25) is 0 Å². The Morgan fingerprint density at radius 1 is 1.14 bits per heavy atom. The van der Waals surface area contributed by atoms with Crippen LogP contribution in [0, 0.1) is 0 Å². The SMILES string of the molecule is CSc1cccc(NC(=O)Nc2cc(Cl)ccc2N(C)C)c1. The van der Waals surface area contributed by atoms with Gasteiger partial charge in [-0.05, 0) is 42.7 Å². The monoisotopic (exact) mass is 335 g/mol. The average Bonchev–Trinajstić information content (AvgIpc) is 2.47. The van der Waals surface area contributed by atoms with Crippen LogP contribution >= 0.6 is 23.4 Å². The molecule has 2 N–H and O–H groups in total. The lowest BCUT2D eigenvalue weighted by atomic mass is 10.2. The molecule has 0 aliphatic rings. The van der Waals surface area contributed by atoms with Gasteiger partial charge in [-0.3, -0.25) is 0 Å². The minimum atomic E-state index is -0.302. The molecule has 0 atom stereocenters. The molecule has 6 heteroatoms. The molecule has 0 radical (unpaired) electrons. The number of carbonyl (C=O) groups excluding carboxylic acids is 1. The van der Waals surface area contributed by atoms with Gasteiger partial charge >= 0.3 is 6.03 Å². The molecule has 116 valence electrons. The molecule has 0 unspecified atom stereocenters. The highest BCUT2D eigenvalue weighted by Gasteiger charge is 2.09. The number of hydrogen-bond donors (Lipinski definition) is 2. The van der Waals surface area contributed by atoms with Gasteiger partial charge in [0.05, 0.1) is 11.4 Å². The maximum Gasteiger partial charge on any atom is 0.323 e. The third-order valence-electron chi connectivity index (χ3n) is 3.02. The summed E-state index contributed by atoms with van der Waals surface area (Å²) in [5.74, 6) is 0. The highest BCUT2D eigenvalue weighted by Crippen LogP contribution is 2.28. The Bertz CT molecular complexity index is 676. The Labute approximate surface area is 139 Å². The molecular weight excluding hydrogens is 318 g/mol.